The summed E-state index contributed by atoms with van der Waals surface area (Å²) in [5.41, 5.74) is 7.98. The van der Waals surface area contributed by atoms with E-state index >= 15 is 0 Å². The van der Waals surface area contributed by atoms with Crippen LogP contribution in [-0.2, 0) is 11.2 Å². The summed E-state index contributed by atoms with van der Waals surface area (Å²) in [5.74, 6) is 0. The van der Waals surface area contributed by atoms with Crippen molar-refractivity contribution in [1.29, 1.82) is 0 Å². The quantitative estimate of drug-likeness (QED) is 0.859. The number of nitrogens with two attached hydrogens (primary N) is 1. The molecule has 1 saturated carbocycles. The second-order valence-electron chi connectivity index (χ2n) is 6.09. The van der Waals surface area contributed by atoms with Crippen molar-refractivity contribution < 1.29 is 9.84 Å². The lowest BCUT2D eigenvalue weighted by atomic mass is 9.77. The summed E-state index contributed by atoms with van der Waals surface area (Å²) in [5, 5.41) is 10.8. The van der Waals surface area contributed by atoms with Gasteiger partial charge in [-0.1, -0.05) is 24.3 Å². The number of rotatable bonds is 2. The van der Waals surface area contributed by atoms with Gasteiger partial charge in [-0.25, -0.2) is 0 Å². The fourth-order valence-electron chi connectivity index (χ4n) is 3.56. The Bertz CT molecular complexity index is 448. The molecule has 1 heterocycles. The Morgan fingerprint density at radius 3 is 3.05 bits per heavy atom. The smallest absolute Gasteiger partial charge is 0.0855 e. The van der Waals surface area contributed by atoms with Gasteiger partial charge in [0.15, 0.2) is 0 Å². The molecule has 3 N–H and O–H groups in total. The molecular formula is C16H23NO2. The maximum Gasteiger partial charge on any atom is 0.0855 e. The van der Waals surface area contributed by atoms with Crippen LogP contribution in [0.4, 0.5) is 0 Å². The highest BCUT2D eigenvalue weighted by atomic mass is 16.5. The van der Waals surface area contributed by atoms with Crippen molar-refractivity contribution in [2.75, 3.05) is 6.61 Å². The molecule has 3 heteroatoms. The second-order valence-corrected chi connectivity index (χ2v) is 6.09. The van der Waals surface area contributed by atoms with E-state index in [1.807, 2.05) is 0 Å². The van der Waals surface area contributed by atoms with Crippen molar-refractivity contribution in [1.82, 2.24) is 0 Å². The van der Waals surface area contributed by atoms with Crippen LogP contribution >= 0.6 is 0 Å². The maximum atomic E-state index is 10.8. The van der Waals surface area contributed by atoms with Crippen LogP contribution in [0.15, 0.2) is 24.3 Å². The van der Waals surface area contributed by atoms with Gasteiger partial charge < -0.3 is 15.6 Å². The molecule has 1 aromatic rings. The van der Waals surface area contributed by atoms with Crippen LogP contribution in [-0.4, -0.2) is 23.4 Å². The van der Waals surface area contributed by atoms with Gasteiger partial charge in [-0.15, -0.1) is 0 Å². The number of benzene rings is 1. The molecule has 1 fully saturated rings. The molecule has 0 bridgehead atoms. The van der Waals surface area contributed by atoms with Gasteiger partial charge >= 0.3 is 0 Å². The molecule has 3 atom stereocenters. The van der Waals surface area contributed by atoms with Crippen molar-refractivity contribution in [3.63, 3.8) is 0 Å². The minimum atomic E-state index is -0.646. The molecule has 3 rings (SSSR count). The third-order valence-corrected chi connectivity index (χ3v) is 4.52. The third-order valence-electron chi connectivity index (χ3n) is 4.52. The van der Waals surface area contributed by atoms with E-state index in [2.05, 4.69) is 24.3 Å². The highest BCUT2D eigenvalue weighted by Gasteiger charge is 2.37. The predicted molar refractivity (Wildman–Crippen MR) is 74.8 cm³/mol. The Hall–Kier alpha value is -0.900. The number of hydrogen-bond donors (Lipinski definition) is 2. The first-order chi connectivity index (χ1) is 9.16. The van der Waals surface area contributed by atoms with Crippen LogP contribution < -0.4 is 5.73 Å². The molecule has 0 aromatic heterocycles. The summed E-state index contributed by atoms with van der Waals surface area (Å²) in [7, 11) is 0. The first-order valence-electron chi connectivity index (χ1n) is 7.34. The highest BCUT2D eigenvalue weighted by molar-refractivity contribution is 5.31. The van der Waals surface area contributed by atoms with Crippen molar-refractivity contribution in [2.45, 2.75) is 56.3 Å². The number of fused-ring (bicyclic) bond motifs is 1. The molecular weight excluding hydrogens is 238 g/mol. The van der Waals surface area contributed by atoms with E-state index in [-0.39, 0.29) is 12.1 Å². The SMILES string of the molecule is NC1CCCC(O)(CC2OCCc3ccccc32)C1. The van der Waals surface area contributed by atoms with E-state index in [4.69, 9.17) is 10.5 Å². The molecule has 2 aliphatic rings. The third kappa shape index (κ3) is 2.83. The Morgan fingerprint density at radius 2 is 2.21 bits per heavy atom. The van der Waals surface area contributed by atoms with Gasteiger partial charge in [0.2, 0.25) is 0 Å². The van der Waals surface area contributed by atoms with E-state index in [1.54, 1.807) is 0 Å². The van der Waals surface area contributed by atoms with Crippen LogP contribution in [0.2, 0.25) is 0 Å². The molecule has 1 aromatic carbocycles. The Labute approximate surface area is 114 Å². The van der Waals surface area contributed by atoms with E-state index in [1.165, 1.54) is 11.1 Å². The molecule has 104 valence electrons. The standard InChI is InChI=1S/C16H23NO2/c17-13-5-3-8-16(18,10-13)11-15-14-6-2-1-4-12(14)7-9-19-15/h1-2,4,6,13,15,18H,3,5,7-11,17H2. The summed E-state index contributed by atoms with van der Waals surface area (Å²) in [6.07, 6.45) is 5.29. The van der Waals surface area contributed by atoms with Crippen molar-refractivity contribution in [3.8, 4) is 0 Å². The van der Waals surface area contributed by atoms with E-state index in [9.17, 15) is 5.11 Å². The summed E-state index contributed by atoms with van der Waals surface area (Å²) in [6.45, 7) is 0.754. The minimum absolute atomic E-state index is 0.0280. The van der Waals surface area contributed by atoms with Crippen LogP contribution in [0, 0.1) is 0 Å². The summed E-state index contributed by atoms with van der Waals surface area (Å²) >= 11 is 0. The summed E-state index contributed by atoms with van der Waals surface area (Å²) < 4.78 is 5.91. The number of hydrogen-bond acceptors (Lipinski definition) is 3. The van der Waals surface area contributed by atoms with Gasteiger partial charge in [0, 0.05) is 12.5 Å². The molecule has 19 heavy (non-hydrogen) atoms. The first-order valence-corrected chi connectivity index (χ1v) is 7.34. The fraction of sp³-hybridized carbons (Fsp3) is 0.625. The van der Waals surface area contributed by atoms with Gasteiger partial charge in [0.25, 0.3) is 0 Å². The van der Waals surface area contributed by atoms with Crippen molar-refractivity contribution >= 4 is 0 Å². The second kappa shape index (κ2) is 5.23. The Kier molecular flexibility index (Phi) is 3.61. The molecule has 0 spiro atoms. The van der Waals surface area contributed by atoms with Crippen molar-refractivity contribution in [2.24, 2.45) is 5.73 Å². The summed E-state index contributed by atoms with van der Waals surface area (Å²) in [4.78, 5) is 0. The van der Waals surface area contributed by atoms with Crippen molar-refractivity contribution in [3.05, 3.63) is 35.4 Å². The van der Waals surface area contributed by atoms with Gasteiger partial charge in [-0.2, -0.15) is 0 Å². The normalized spacial score (nSPS) is 34.8. The van der Waals surface area contributed by atoms with Crippen LogP contribution in [0.3, 0.4) is 0 Å². The van der Waals surface area contributed by atoms with Gasteiger partial charge in [0.05, 0.1) is 18.3 Å². The maximum absolute atomic E-state index is 10.8. The van der Waals surface area contributed by atoms with E-state index in [0.29, 0.717) is 12.8 Å². The largest absolute Gasteiger partial charge is 0.390 e. The number of aliphatic hydroxyl groups is 1. The average Bonchev–Trinajstić information content (AvgIpc) is 2.38. The molecule has 1 aliphatic carbocycles. The fourth-order valence-corrected chi connectivity index (χ4v) is 3.56. The monoisotopic (exact) mass is 261 g/mol. The van der Waals surface area contributed by atoms with E-state index in [0.717, 1.165) is 32.3 Å². The minimum Gasteiger partial charge on any atom is -0.390 e. The molecule has 3 unspecified atom stereocenters. The van der Waals surface area contributed by atoms with Crippen LogP contribution in [0.25, 0.3) is 0 Å². The van der Waals surface area contributed by atoms with Gasteiger partial charge in [-0.3, -0.25) is 0 Å². The van der Waals surface area contributed by atoms with E-state index < -0.39 is 5.60 Å². The molecule has 0 amide bonds. The molecule has 3 nitrogen and oxygen atoms in total. The Balaban J connectivity index is 1.77. The van der Waals surface area contributed by atoms with Gasteiger partial charge in [-0.05, 0) is 43.2 Å². The highest BCUT2D eigenvalue weighted by Crippen LogP contribution is 2.39. The zero-order valence-corrected chi connectivity index (χ0v) is 11.3. The lowest BCUT2D eigenvalue weighted by Crippen LogP contribution is -2.42. The summed E-state index contributed by atoms with van der Waals surface area (Å²) in [6, 6.07) is 8.56. The molecule has 0 radical (unpaired) electrons. The number of ether oxygens (including phenoxy) is 1. The van der Waals surface area contributed by atoms with Crippen LogP contribution in [0.5, 0.6) is 0 Å². The zero-order valence-electron chi connectivity index (χ0n) is 11.3. The zero-order chi connectivity index (χ0) is 13.3. The molecule has 0 saturated heterocycles. The lowest BCUT2D eigenvalue weighted by molar-refractivity contribution is -0.0672. The van der Waals surface area contributed by atoms with Crippen LogP contribution in [0.1, 0.15) is 49.3 Å². The molecule has 1 aliphatic heterocycles. The first kappa shape index (κ1) is 13.1. The average molecular weight is 261 g/mol. The lowest BCUT2D eigenvalue weighted by Gasteiger charge is -2.39. The van der Waals surface area contributed by atoms with Gasteiger partial charge in [0.1, 0.15) is 0 Å². The topological polar surface area (TPSA) is 55.5 Å². The Morgan fingerprint density at radius 1 is 1.37 bits per heavy atom. The predicted octanol–water partition coefficient (Wildman–Crippen LogP) is 2.32.